The Balaban J connectivity index is 1.56. The summed E-state index contributed by atoms with van der Waals surface area (Å²) in [6, 6.07) is 12.1. The fourth-order valence-electron chi connectivity index (χ4n) is 3.88. The summed E-state index contributed by atoms with van der Waals surface area (Å²) in [6.45, 7) is 0.878. The van der Waals surface area contributed by atoms with Crippen LogP contribution >= 0.6 is 0 Å². The van der Waals surface area contributed by atoms with Crippen LogP contribution in [0.1, 0.15) is 35.8 Å². The van der Waals surface area contributed by atoms with Gasteiger partial charge in [0, 0.05) is 29.8 Å². The molecule has 2 aliphatic rings. The molecule has 7 heteroatoms. The molecule has 2 heterocycles. The average molecular weight is 395 g/mol. The van der Waals surface area contributed by atoms with Crippen molar-refractivity contribution in [1.29, 1.82) is 0 Å². The lowest BCUT2D eigenvalue weighted by atomic mass is 9.96. The maximum atomic E-state index is 14.1. The van der Waals surface area contributed by atoms with Crippen LogP contribution in [-0.2, 0) is 17.9 Å². The highest BCUT2D eigenvalue weighted by Crippen LogP contribution is 2.38. The number of ether oxygens (including phenoxy) is 2. The number of hydrogen-bond donors (Lipinski definition) is 0. The Morgan fingerprint density at radius 1 is 1.11 bits per heavy atom. The third-order valence-electron chi connectivity index (χ3n) is 5.26. The number of likely N-dealkylation sites (tertiary alicyclic amines) is 1. The largest absolute Gasteiger partial charge is 0.460 e. The molecule has 0 spiro atoms. The maximum Gasteiger partial charge on any atom is 0.393 e. The van der Waals surface area contributed by atoms with Crippen molar-refractivity contribution in [2.24, 2.45) is 5.92 Å². The second-order valence-electron chi connectivity index (χ2n) is 7.34. The molecule has 0 N–H and O–H groups in total. The summed E-state index contributed by atoms with van der Waals surface area (Å²) >= 11 is 0. The van der Waals surface area contributed by atoms with Gasteiger partial charge in [-0.3, -0.25) is 4.90 Å². The van der Waals surface area contributed by atoms with Gasteiger partial charge >= 0.3 is 6.18 Å². The molecule has 3 nitrogen and oxygen atoms in total. The first-order chi connectivity index (χ1) is 13.4. The summed E-state index contributed by atoms with van der Waals surface area (Å²) in [7, 11) is 0. The topological polar surface area (TPSA) is 21.7 Å². The summed E-state index contributed by atoms with van der Waals surface area (Å²) in [5, 5.41) is 0. The Hall–Kier alpha value is -2.12. The van der Waals surface area contributed by atoms with Gasteiger partial charge in [-0.05, 0) is 31.5 Å². The van der Waals surface area contributed by atoms with Crippen molar-refractivity contribution in [1.82, 2.24) is 4.90 Å². The normalized spacial score (nSPS) is 23.1. The first kappa shape index (κ1) is 19.2. The predicted octanol–water partition coefficient (Wildman–Crippen LogP) is 5.21. The fourth-order valence-corrected chi connectivity index (χ4v) is 3.88. The van der Waals surface area contributed by atoms with Gasteiger partial charge in [-0.2, -0.15) is 13.2 Å². The van der Waals surface area contributed by atoms with Crippen LogP contribution in [0.2, 0.25) is 0 Å². The molecule has 0 saturated carbocycles. The SMILES string of the molecule is Fc1cc2c(c(CN3CCC[C@H](C(F)(F)F)C3)c1)O[C@H](c1ccccc1)OC2. The summed E-state index contributed by atoms with van der Waals surface area (Å²) in [6.07, 6.45) is -4.22. The molecule has 0 aliphatic carbocycles. The van der Waals surface area contributed by atoms with Gasteiger partial charge < -0.3 is 9.47 Å². The van der Waals surface area contributed by atoms with E-state index in [-0.39, 0.29) is 26.1 Å². The monoisotopic (exact) mass is 395 g/mol. The van der Waals surface area contributed by atoms with Crippen molar-refractivity contribution in [3.8, 4) is 5.75 Å². The van der Waals surface area contributed by atoms with Crippen LogP contribution in [0.5, 0.6) is 5.75 Å². The third kappa shape index (κ3) is 4.15. The van der Waals surface area contributed by atoms with Crippen LogP contribution < -0.4 is 4.74 Å². The number of alkyl halides is 3. The van der Waals surface area contributed by atoms with Crippen molar-refractivity contribution in [3.63, 3.8) is 0 Å². The van der Waals surface area contributed by atoms with E-state index >= 15 is 0 Å². The fraction of sp³-hybridized carbons (Fsp3) is 0.429. The molecule has 4 rings (SSSR count). The van der Waals surface area contributed by atoms with Crippen LogP contribution in [-0.4, -0.2) is 24.2 Å². The van der Waals surface area contributed by atoms with Crippen molar-refractivity contribution in [2.75, 3.05) is 13.1 Å². The Labute approximate surface area is 160 Å². The number of nitrogens with zero attached hydrogens (tertiary/aromatic N) is 1. The highest BCUT2D eigenvalue weighted by atomic mass is 19.4. The van der Waals surface area contributed by atoms with Crippen LogP contribution in [0.25, 0.3) is 0 Å². The molecular formula is C21H21F4NO2. The number of benzene rings is 2. The highest BCUT2D eigenvalue weighted by molar-refractivity contribution is 5.43. The lowest BCUT2D eigenvalue weighted by Crippen LogP contribution is -2.41. The summed E-state index contributed by atoms with van der Waals surface area (Å²) < 4.78 is 65.1. The molecule has 1 fully saturated rings. The van der Waals surface area contributed by atoms with Gasteiger partial charge in [0.2, 0.25) is 6.29 Å². The summed E-state index contributed by atoms with van der Waals surface area (Å²) in [5.41, 5.74) is 1.96. The molecule has 2 atom stereocenters. The Kier molecular flexibility index (Phi) is 5.29. The van der Waals surface area contributed by atoms with Gasteiger partial charge in [0.1, 0.15) is 11.6 Å². The minimum Gasteiger partial charge on any atom is -0.460 e. The van der Waals surface area contributed by atoms with Crippen molar-refractivity contribution >= 4 is 0 Å². The van der Waals surface area contributed by atoms with E-state index in [0.29, 0.717) is 29.8 Å². The van der Waals surface area contributed by atoms with E-state index in [1.807, 2.05) is 30.3 Å². The van der Waals surface area contributed by atoms with E-state index in [2.05, 4.69) is 0 Å². The number of fused-ring (bicyclic) bond motifs is 1. The van der Waals surface area contributed by atoms with Gasteiger partial charge in [0.25, 0.3) is 0 Å². The molecule has 2 aliphatic heterocycles. The zero-order valence-corrected chi connectivity index (χ0v) is 15.2. The molecule has 2 aromatic rings. The molecule has 2 aromatic carbocycles. The molecule has 28 heavy (non-hydrogen) atoms. The quantitative estimate of drug-likeness (QED) is 0.666. The van der Waals surface area contributed by atoms with Crippen LogP contribution in [0.15, 0.2) is 42.5 Å². The van der Waals surface area contributed by atoms with E-state index in [1.54, 1.807) is 4.90 Å². The lowest BCUT2D eigenvalue weighted by molar-refractivity contribution is -0.187. The van der Waals surface area contributed by atoms with Crippen LogP contribution in [0.3, 0.4) is 0 Å². The Morgan fingerprint density at radius 3 is 2.64 bits per heavy atom. The number of rotatable bonds is 3. The summed E-state index contributed by atoms with van der Waals surface area (Å²) in [5.74, 6) is -1.27. The van der Waals surface area contributed by atoms with Gasteiger partial charge in [-0.15, -0.1) is 0 Å². The van der Waals surface area contributed by atoms with E-state index in [1.165, 1.54) is 12.1 Å². The van der Waals surface area contributed by atoms with E-state index in [4.69, 9.17) is 9.47 Å². The van der Waals surface area contributed by atoms with Crippen LogP contribution in [0, 0.1) is 11.7 Å². The lowest BCUT2D eigenvalue weighted by Gasteiger charge is -2.35. The molecule has 0 radical (unpaired) electrons. The zero-order valence-electron chi connectivity index (χ0n) is 15.2. The second-order valence-corrected chi connectivity index (χ2v) is 7.34. The third-order valence-corrected chi connectivity index (χ3v) is 5.26. The van der Waals surface area contributed by atoms with Crippen molar-refractivity contribution < 1.29 is 27.0 Å². The number of piperidine rings is 1. The zero-order chi connectivity index (χ0) is 19.7. The van der Waals surface area contributed by atoms with Gasteiger partial charge in [0.15, 0.2) is 0 Å². The molecular weight excluding hydrogens is 374 g/mol. The minimum atomic E-state index is -4.21. The molecule has 0 bridgehead atoms. The van der Waals surface area contributed by atoms with Gasteiger partial charge in [0.05, 0.1) is 12.5 Å². The smallest absolute Gasteiger partial charge is 0.393 e. The Morgan fingerprint density at radius 2 is 1.89 bits per heavy atom. The molecule has 1 saturated heterocycles. The van der Waals surface area contributed by atoms with E-state index in [0.717, 1.165) is 5.56 Å². The van der Waals surface area contributed by atoms with Gasteiger partial charge in [-0.25, -0.2) is 4.39 Å². The molecule has 0 amide bonds. The standard InChI is InChI=1S/C21H21F4NO2/c22-18-9-15(11-26-8-4-7-17(12-26)21(23,24)25)19-16(10-18)13-27-20(28-19)14-5-2-1-3-6-14/h1-3,5-6,9-10,17,20H,4,7-8,11-13H2/t17-,20+/m0/s1. The first-order valence-electron chi connectivity index (χ1n) is 9.34. The molecule has 0 aromatic heterocycles. The second kappa shape index (κ2) is 7.72. The van der Waals surface area contributed by atoms with E-state index < -0.39 is 24.2 Å². The maximum absolute atomic E-state index is 14.1. The van der Waals surface area contributed by atoms with Crippen LogP contribution in [0.4, 0.5) is 17.6 Å². The first-order valence-corrected chi connectivity index (χ1v) is 9.34. The van der Waals surface area contributed by atoms with Crippen molar-refractivity contribution in [3.05, 3.63) is 65.0 Å². The Bertz CT molecular complexity index is 825. The number of halogens is 4. The predicted molar refractivity (Wildman–Crippen MR) is 95.1 cm³/mol. The minimum absolute atomic E-state index is 0.0760. The average Bonchev–Trinajstić information content (AvgIpc) is 2.68. The molecule has 150 valence electrons. The summed E-state index contributed by atoms with van der Waals surface area (Å²) in [4.78, 5) is 1.73. The highest BCUT2D eigenvalue weighted by Gasteiger charge is 2.41. The van der Waals surface area contributed by atoms with Gasteiger partial charge in [-0.1, -0.05) is 30.3 Å². The van der Waals surface area contributed by atoms with E-state index in [9.17, 15) is 17.6 Å². The molecule has 0 unspecified atom stereocenters. The number of hydrogen-bond acceptors (Lipinski definition) is 3. The van der Waals surface area contributed by atoms with Crippen molar-refractivity contribution in [2.45, 2.75) is 38.5 Å².